The van der Waals surface area contributed by atoms with Crippen LogP contribution in [0.4, 0.5) is 0 Å². The Hall–Kier alpha value is -1.10. The van der Waals surface area contributed by atoms with Crippen molar-refractivity contribution >= 4 is 11.8 Å². The van der Waals surface area contributed by atoms with Crippen LogP contribution in [0.1, 0.15) is 39.0 Å². The predicted octanol–water partition coefficient (Wildman–Crippen LogP) is 1.18. The highest BCUT2D eigenvalue weighted by Crippen LogP contribution is 2.43. The summed E-state index contributed by atoms with van der Waals surface area (Å²) in [5.74, 6) is -0.0811. The second kappa shape index (κ2) is 6.57. The summed E-state index contributed by atoms with van der Waals surface area (Å²) in [7, 11) is 1.62. The minimum atomic E-state index is -0.187. The summed E-state index contributed by atoms with van der Waals surface area (Å²) in [6, 6.07) is 0. The van der Waals surface area contributed by atoms with Crippen LogP contribution in [0.15, 0.2) is 0 Å². The number of amides is 2. The van der Waals surface area contributed by atoms with Crippen LogP contribution in [0.3, 0.4) is 0 Å². The molecule has 2 rings (SSSR count). The SMILES string of the molecule is CCC1(CNC(=O)C2CC(=O)N(CCOC)C2)CCC1. The molecule has 1 saturated heterocycles. The van der Waals surface area contributed by atoms with Crippen molar-refractivity contribution in [1.82, 2.24) is 10.2 Å². The molecule has 0 aromatic heterocycles. The summed E-state index contributed by atoms with van der Waals surface area (Å²) in [6.07, 6.45) is 5.17. The first-order valence-corrected chi connectivity index (χ1v) is 7.64. The van der Waals surface area contributed by atoms with E-state index in [1.165, 1.54) is 19.3 Å². The first-order chi connectivity index (χ1) is 9.60. The summed E-state index contributed by atoms with van der Waals surface area (Å²) >= 11 is 0. The number of methoxy groups -OCH3 is 1. The van der Waals surface area contributed by atoms with Crippen molar-refractivity contribution < 1.29 is 14.3 Å². The number of ether oxygens (including phenoxy) is 1. The molecule has 2 amide bonds. The Morgan fingerprint density at radius 2 is 2.25 bits per heavy atom. The molecule has 1 unspecified atom stereocenters. The average Bonchev–Trinajstić information content (AvgIpc) is 2.77. The predicted molar refractivity (Wildman–Crippen MR) is 76.1 cm³/mol. The van der Waals surface area contributed by atoms with Gasteiger partial charge in [-0.1, -0.05) is 13.3 Å². The second-order valence-electron chi connectivity index (χ2n) is 6.16. The minimum Gasteiger partial charge on any atom is -0.383 e. The first kappa shape index (κ1) is 15.3. The lowest BCUT2D eigenvalue weighted by molar-refractivity contribution is -0.129. The van der Waals surface area contributed by atoms with E-state index < -0.39 is 0 Å². The third kappa shape index (κ3) is 3.32. The maximum Gasteiger partial charge on any atom is 0.225 e. The summed E-state index contributed by atoms with van der Waals surface area (Å²) in [6.45, 7) is 4.60. The third-order valence-corrected chi connectivity index (χ3v) is 4.95. The van der Waals surface area contributed by atoms with Crippen molar-refractivity contribution in [2.45, 2.75) is 39.0 Å². The molecular formula is C15H26N2O3. The summed E-state index contributed by atoms with van der Waals surface area (Å²) in [5.41, 5.74) is 0.327. The van der Waals surface area contributed by atoms with Gasteiger partial charge in [0.05, 0.1) is 12.5 Å². The maximum absolute atomic E-state index is 12.2. The van der Waals surface area contributed by atoms with Gasteiger partial charge in [-0.15, -0.1) is 0 Å². The minimum absolute atomic E-state index is 0.0398. The largest absolute Gasteiger partial charge is 0.383 e. The molecule has 2 fully saturated rings. The fourth-order valence-electron chi connectivity index (χ4n) is 3.12. The summed E-state index contributed by atoms with van der Waals surface area (Å²) in [5, 5.41) is 3.07. The molecule has 1 aliphatic carbocycles. The van der Waals surface area contributed by atoms with Crippen molar-refractivity contribution in [3.63, 3.8) is 0 Å². The fraction of sp³-hybridized carbons (Fsp3) is 0.867. The van der Waals surface area contributed by atoms with Crippen LogP contribution in [0.5, 0.6) is 0 Å². The van der Waals surface area contributed by atoms with Gasteiger partial charge in [-0.25, -0.2) is 0 Å². The van der Waals surface area contributed by atoms with Gasteiger partial charge in [-0.05, 0) is 24.7 Å². The van der Waals surface area contributed by atoms with Crippen LogP contribution < -0.4 is 5.32 Å². The summed E-state index contributed by atoms with van der Waals surface area (Å²) in [4.78, 5) is 25.7. The fourth-order valence-corrected chi connectivity index (χ4v) is 3.12. The number of rotatable bonds is 7. The van der Waals surface area contributed by atoms with E-state index in [0.717, 1.165) is 13.0 Å². The number of carbonyl (C=O) groups excluding carboxylic acids is 2. The van der Waals surface area contributed by atoms with Gasteiger partial charge in [0, 0.05) is 33.2 Å². The Kier molecular flexibility index (Phi) is 5.02. The maximum atomic E-state index is 12.2. The van der Waals surface area contributed by atoms with Gasteiger partial charge < -0.3 is 15.0 Å². The van der Waals surface area contributed by atoms with Crippen LogP contribution in [-0.4, -0.2) is 50.1 Å². The molecule has 0 bridgehead atoms. The third-order valence-electron chi connectivity index (χ3n) is 4.95. The van der Waals surface area contributed by atoms with E-state index in [4.69, 9.17) is 4.74 Å². The zero-order valence-electron chi connectivity index (χ0n) is 12.6. The number of carbonyl (C=O) groups is 2. The van der Waals surface area contributed by atoms with Gasteiger partial charge in [0.25, 0.3) is 0 Å². The monoisotopic (exact) mass is 282 g/mol. The molecule has 2 aliphatic rings. The molecule has 0 radical (unpaired) electrons. The van der Waals surface area contributed by atoms with E-state index >= 15 is 0 Å². The first-order valence-electron chi connectivity index (χ1n) is 7.64. The van der Waals surface area contributed by atoms with Crippen LogP contribution in [0.25, 0.3) is 0 Å². The normalized spacial score (nSPS) is 24.6. The number of nitrogens with one attached hydrogen (secondary N) is 1. The molecule has 1 aliphatic heterocycles. The molecule has 20 heavy (non-hydrogen) atoms. The Bertz CT molecular complexity index is 361. The second-order valence-corrected chi connectivity index (χ2v) is 6.16. The Balaban J connectivity index is 1.77. The van der Waals surface area contributed by atoms with Gasteiger partial charge in [0.1, 0.15) is 0 Å². The van der Waals surface area contributed by atoms with Crippen molar-refractivity contribution in [3.05, 3.63) is 0 Å². The van der Waals surface area contributed by atoms with E-state index in [1.807, 2.05) is 0 Å². The molecule has 5 heteroatoms. The average molecular weight is 282 g/mol. The molecule has 5 nitrogen and oxygen atoms in total. The van der Waals surface area contributed by atoms with Crippen molar-refractivity contribution in [3.8, 4) is 0 Å². The van der Waals surface area contributed by atoms with Gasteiger partial charge in [0.15, 0.2) is 0 Å². The quantitative estimate of drug-likeness (QED) is 0.763. The lowest BCUT2D eigenvalue weighted by Crippen LogP contribution is -2.44. The Morgan fingerprint density at radius 3 is 2.80 bits per heavy atom. The van der Waals surface area contributed by atoms with Crippen LogP contribution >= 0.6 is 0 Å². The van der Waals surface area contributed by atoms with Crippen molar-refractivity contribution in [2.24, 2.45) is 11.3 Å². The van der Waals surface area contributed by atoms with E-state index in [1.54, 1.807) is 12.0 Å². The van der Waals surface area contributed by atoms with E-state index in [0.29, 0.717) is 31.5 Å². The van der Waals surface area contributed by atoms with Crippen LogP contribution in [0, 0.1) is 11.3 Å². The zero-order chi connectivity index (χ0) is 14.6. The van der Waals surface area contributed by atoms with Gasteiger partial charge in [-0.3, -0.25) is 9.59 Å². The van der Waals surface area contributed by atoms with E-state index in [-0.39, 0.29) is 17.7 Å². The molecule has 1 saturated carbocycles. The molecule has 0 spiro atoms. The number of nitrogens with zero attached hydrogens (tertiary/aromatic N) is 1. The molecule has 1 heterocycles. The van der Waals surface area contributed by atoms with Crippen LogP contribution in [0.2, 0.25) is 0 Å². The zero-order valence-corrected chi connectivity index (χ0v) is 12.6. The molecule has 1 N–H and O–H groups in total. The topological polar surface area (TPSA) is 58.6 Å². The van der Waals surface area contributed by atoms with E-state index in [9.17, 15) is 9.59 Å². The van der Waals surface area contributed by atoms with Crippen LogP contribution in [-0.2, 0) is 14.3 Å². The van der Waals surface area contributed by atoms with Crippen molar-refractivity contribution in [1.29, 1.82) is 0 Å². The highest BCUT2D eigenvalue weighted by molar-refractivity contribution is 5.89. The van der Waals surface area contributed by atoms with E-state index in [2.05, 4.69) is 12.2 Å². The smallest absolute Gasteiger partial charge is 0.225 e. The molecule has 0 aromatic carbocycles. The lowest BCUT2D eigenvalue weighted by Gasteiger charge is -2.41. The number of likely N-dealkylation sites (tertiary alicyclic amines) is 1. The molecular weight excluding hydrogens is 256 g/mol. The van der Waals surface area contributed by atoms with Gasteiger partial charge in [0.2, 0.25) is 11.8 Å². The number of hydrogen-bond donors (Lipinski definition) is 1. The van der Waals surface area contributed by atoms with Gasteiger partial charge >= 0.3 is 0 Å². The molecule has 0 aromatic rings. The Morgan fingerprint density at radius 1 is 1.50 bits per heavy atom. The molecule has 1 atom stereocenters. The van der Waals surface area contributed by atoms with Gasteiger partial charge in [-0.2, -0.15) is 0 Å². The standard InChI is InChI=1S/C15H26N2O3/c1-3-15(5-4-6-15)11-16-14(19)12-9-13(18)17(10-12)7-8-20-2/h12H,3-11H2,1-2H3,(H,16,19). The highest BCUT2D eigenvalue weighted by Gasteiger charge is 2.38. The lowest BCUT2D eigenvalue weighted by atomic mass is 9.67. The number of hydrogen-bond acceptors (Lipinski definition) is 3. The van der Waals surface area contributed by atoms with Crippen molar-refractivity contribution in [2.75, 3.05) is 33.4 Å². The molecule has 114 valence electrons. The highest BCUT2D eigenvalue weighted by atomic mass is 16.5. The Labute approximate surface area is 121 Å². The summed E-state index contributed by atoms with van der Waals surface area (Å²) < 4.78 is 4.98.